The van der Waals surface area contributed by atoms with Crippen LogP contribution >= 0.6 is 0 Å². The average Bonchev–Trinajstić information content (AvgIpc) is 2.80. The first kappa shape index (κ1) is 14.1. The summed E-state index contributed by atoms with van der Waals surface area (Å²) in [5.74, 6) is -0.692. The number of nitrogens with zero attached hydrogens (tertiary/aromatic N) is 1. The van der Waals surface area contributed by atoms with Gasteiger partial charge in [0.05, 0.1) is 0 Å². The predicted molar refractivity (Wildman–Crippen MR) is 76.3 cm³/mol. The third kappa shape index (κ3) is 3.35. The van der Waals surface area contributed by atoms with Gasteiger partial charge in [-0.15, -0.1) is 0 Å². The molecule has 1 atom stereocenters. The topological polar surface area (TPSA) is 40.5 Å². The number of rotatable bonds is 5. The van der Waals surface area contributed by atoms with Crippen LogP contribution in [0.15, 0.2) is 18.2 Å². The Morgan fingerprint density at radius 3 is 2.95 bits per heavy atom. The fourth-order valence-corrected chi connectivity index (χ4v) is 3.01. The SMILES string of the molecule is Cc1cccc(C2CCCN2CCCC(=O)O)c1C. The second-order valence-corrected chi connectivity index (χ2v) is 5.48. The molecule has 0 bridgehead atoms. The van der Waals surface area contributed by atoms with E-state index < -0.39 is 5.97 Å². The van der Waals surface area contributed by atoms with Crippen molar-refractivity contribution < 1.29 is 9.90 Å². The van der Waals surface area contributed by atoms with Gasteiger partial charge in [0.25, 0.3) is 0 Å². The molecular weight excluding hydrogens is 238 g/mol. The van der Waals surface area contributed by atoms with E-state index in [9.17, 15) is 4.79 Å². The van der Waals surface area contributed by atoms with Crippen molar-refractivity contribution in [2.75, 3.05) is 13.1 Å². The molecule has 0 amide bonds. The van der Waals surface area contributed by atoms with Crippen molar-refractivity contribution in [1.29, 1.82) is 0 Å². The third-order valence-electron chi connectivity index (χ3n) is 4.21. The lowest BCUT2D eigenvalue weighted by Gasteiger charge is -2.26. The molecule has 0 saturated carbocycles. The van der Waals surface area contributed by atoms with Crippen molar-refractivity contribution in [3.05, 3.63) is 34.9 Å². The number of benzene rings is 1. The molecule has 1 aromatic carbocycles. The van der Waals surface area contributed by atoms with Gasteiger partial charge in [0, 0.05) is 12.5 Å². The van der Waals surface area contributed by atoms with E-state index in [0.717, 1.165) is 19.5 Å². The molecule has 1 aliphatic rings. The molecule has 0 radical (unpaired) electrons. The molecule has 2 rings (SSSR count). The van der Waals surface area contributed by atoms with E-state index in [2.05, 4.69) is 36.9 Å². The molecule has 0 aliphatic carbocycles. The van der Waals surface area contributed by atoms with E-state index in [1.54, 1.807) is 0 Å². The highest BCUT2D eigenvalue weighted by Gasteiger charge is 2.26. The monoisotopic (exact) mass is 261 g/mol. The van der Waals surface area contributed by atoms with Gasteiger partial charge in [-0.05, 0) is 62.9 Å². The summed E-state index contributed by atoms with van der Waals surface area (Å²) in [6.07, 6.45) is 3.43. The van der Waals surface area contributed by atoms with E-state index in [0.29, 0.717) is 6.04 Å². The Hall–Kier alpha value is -1.35. The fourth-order valence-electron chi connectivity index (χ4n) is 3.01. The lowest BCUT2D eigenvalue weighted by Crippen LogP contribution is -2.25. The number of carboxylic acids is 1. The zero-order chi connectivity index (χ0) is 13.8. The highest BCUT2D eigenvalue weighted by molar-refractivity contribution is 5.66. The van der Waals surface area contributed by atoms with Crippen molar-refractivity contribution in [3.8, 4) is 0 Å². The minimum Gasteiger partial charge on any atom is -0.481 e. The summed E-state index contributed by atoms with van der Waals surface area (Å²) in [6.45, 7) is 6.34. The standard InChI is InChI=1S/C16H23NO2/c1-12-6-3-7-14(13(12)2)15-8-4-10-17(15)11-5-9-16(18)19/h3,6-7,15H,4-5,8-11H2,1-2H3,(H,18,19). The molecule has 1 aliphatic heterocycles. The summed E-state index contributed by atoms with van der Waals surface area (Å²) >= 11 is 0. The number of aryl methyl sites for hydroxylation is 1. The summed E-state index contributed by atoms with van der Waals surface area (Å²) in [4.78, 5) is 13.1. The average molecular weight is 261 g/mol. The van der Waals surface area contributed by atoms with Crippen LogP contribution in [0.2, 0.25) is 0 Å². The minimum absolute atomic E-state index is 0.274. The second kappa shape index (κ2) is 6.20. The van der Waals surface area contributed by atoms with Crippen LogP contribution in [0.5, 0.6) is 0 Å². The van der Waals surface area contributed by atoms with Crippen molar-refractivity contribution in [2.24, 2.45) is 0 Å². The van der Waals surface area contributed by atoms with E-state index in [1.165, 1.54) is 29.5 Å². The van der Waals surface area contributed by atoms with Gasteiger partial charge >= 0.3 is 5.97 Å². The van der Waals surface area contributed by atoms with Crippen LogP contribution in [0.3, 0.4) is 0 Å². The van der Waals surface area contributed by atoms with Gasteiger partial charge in [-0.3, -0.25) is 9.69 Å². The zero-order valence-electron chi connectivity index (χ0n) is 11.9. The number of carbonyl (C=O) groups is 1. The maximum absolute atomic E-state index is 10.6. The van der Waals surface area contributed by atoms with E-state index in [-0.39, 0.29) is 6.42 Å². The van der Waals surface area contributed by atoms with Crippen molar-refractivity contribution in [1.82, 2.24) is 4.90 Å². The number of hydrogen-bond acceptors (Lipinski definition) is 2. The zero-order valence-corrected chi connectivity index (χ0v) is 11.9. The molecule has 1 saturated heterocycles. The minimum atomic E-state index is -0.692. The van der Waals surface area contributed by atoms with E-state index in [4.69, 9.17) is 5.11 Å². The number of hydrogen-bond donors (Lipinski definition) is 1. The molecule has 1 heterocycles. The molecule has 0 aromatic heterocycles. The third-order valence-corrected chi connectivity index (χ3v) is 4.21. The van der Waals surface area contributed by atoms with Crippen LogP contribution in [0.1, 0.15) is 48.4 Å². The Balaban J connectivity index is 2.05. The van der Waals surface area contributed by atoms with Gasteiger partial charge in [0.1, 0.15) is 0 Å². The normalized spacial score (nSPS) is 19.8. The van der Waals surface area contributed by atoms with Crippen LogP contribution in [0.4, 0.5) is 0 Å². The Morgan fingerprint density at radius 1 is 1.42 bits per heavy atom. The molecule has 3 nitrogen and oxygen atoms in total. The van der Waals surface area contributed by atoms with Gasteiger partial charge in [-0.25, -0.2) is 0 Å². The summed E-state index contributed by atoms with van der Waals surface area (Å²) < 4.78 is 0. The molecule has 104 valence electrons. The lowest BCUT2D eigenvalue weighted by atomic mass is 9.96. The summed E-state index contributed by atoms with van der Waals surface area (Å²) in [6, 6.07) is 6.99. The summed E-state index contributed by atoms with van der Waals surface area (Å²) in [5.41, 5.74) is 4.15. The smallest absolute Gasteiger partial charge is 0.303 e. The largest absolute Gasteiger partial charge is 0.481 e. The second-order valence-electron chi connectivity index (χ2n) is 5.48. The first-order valence-corrected chi connectivity index (χ1v) is 7.11. The van der Waals surface area contributed by atoms with E-state index in [1.807, 2.05) is 0 Å². The molecular formula is C16H23NO2. The first-order chi connectivity index (χ1) is 9.09. The Kier molecular flexibility index (Phi) is 4.59. The van der Waals surface area contributed by atoms with Crippen LogP contribution in [-0.2, 0) is 4.79 Å². The highest BCUT2D eigenvalue weighted by Crippen LogP contribution is 2.34. The first-order valence-electron chi connectivity index (χ1n) is 7.11. The summed E-state index contributed by atoms with van der Waals surface area (Å²) in [5, 5.41) is 8.73. The van der Waals surface area contributed by atoms with Crippen molar-refractivity contribution >= 4 is 5.97 Å². The van der Waals surface area contributed by atoms with Gasteiger partial charge in [-0.1, -0.05) is 18.2 Å². The number of likely N-dealkylation sites (tertiary alicyclic amines) is 1. The van der Waals surface area contributed by atoms with Crippen LogP contribution < -0.4 is 0 Å². The van der Waals surface area contributed by atoms with E-state index >= 15 is 0 Å². The molecule has 1 N–H and O–H groups in total. The number of carboxylic acid groups (broad SMARTS) is 1. The Labute approximate surface area is 115 Å². The van der Waals surface area contributed by atoms with Crippen molar-refractivity contribution in [3.63, 3.8) is 0 Å². The summed E-state index contributed by atoms with van der Waals surface area (Å²) in [7, 11) is 0. The molecule has 3 heteroatoms. The van der Waals surface area contributed by atoms with Crippen LogP contribution in [0, 0.1) is 13.8 Å². The highest BCUT2D eigenvalue weighted by atomic mass is 16.4. The maximum Gasteiger partial charge on any atom is 0.303 e. The van der Waals surface area contributed by atoms with Gasteiger partial charge < -0.3 is 5.11 Å². The number of aliphatic carboxylic acids is 1. The molecule has 1 unspecified atom stereocenters. The molecule has 1 aromatic rings. The molecule has 0 spiro atoms. The Bertz CT molecular complexity index is 456. The quantitative estimate of drug-likeness (QED) is 0.884. The van der Waals surface area contributed by atoms with Gasteiger partial charge in [-0.2, -0.15) is 0 Å². The van der Waals surface area contributed by atoms with Crippen molar-refractivity contribution in [2.45, 2.75) is 45.6 Å². The van der Waals surface area contributed by atoms with Gasteiger partial charge in [0.15, 0.2) is 0 Å². The maximum atomic E-state index is 10.6. The van der Waals surface area contributed by atoms with Crippen LogP contribution in [0.25, 0.3) is 0 Å². The molecule has 19 heavy (non-hydrogen) atoms. The molecule has 1 fully saturated rings. The Morgan fingerprint density at radius 2 is 2.21 bits per heavy atom. The lowest BCUT2D eigenvalue weighted by molar-refractivity contribution is -0.137. The predicted octanol–water partition coefficient (Wildman–Crippen LogP) is 3.31. The van der Waals surface area contributed by atoms with Crippen LogP contribution in [-0.4, -0.2) is 29.1 Å². The van der Waals surface area contributed by atoms with Gasteiger partial charge in [0.2, 0.25) is 0 Å². The fraction of sp³-hybridized carbons (Fsp3) is 0.562.